The Balaban J connectivity index is 2.41. The quantitative estimate of drug-likeness (QED) is 0.251. The van der Waals surface area contributed by atoms with Crippen molar-refractivity contribution in [3.8, 4) is 11.8 Å². The Labute approximate surface area is 222 Å². The molecule has 3 amide bonds. The maximum Gasteiger partial charge on any atom is 0.253 e. The first kappa shape index (κ1) is 30.3. The first-order valence-corrected chi connectivity index (χ1v) is 12.7. The zero-order chi connectivity index (χ0) is 28.2. The second-order valence-electron chi connectivity index (χ2n) is 9.16. The summed E-state index contributed by atoms with van der Waals surface area (Å²) >= 11 is 0. The summed E-state index contributed by atoms with van der Waals surface area (Å²) in [6.07, 6.45) is -1.14. The monoisotopic (exact) mass is 524 g/mol. The van der Waals surface area contributed by atoms with E-state index in [9.17, 15) is 29.7 Å². The van der Waals surface area contributed by atoms with Crippen LogP contribution in [0.3, 0.4) is 0 Å². The van der Waals surface area contributed by atoms with Gasteiger partial charge in [0.2, 0.25) is 5.91 Å². The Morgan fingerprint density at radius 1 is 1.00 bits per heavy atom. The fourth-order valence-corrected chi connectivity index (χ4v) is 4.11. The lowest BCUT2D eigenvalue weighted by Crippen LogP contribution is -2.49. The van der Waals surface area contributed by atoms with E-state index in [1.165, 1.54) is 30.3 Å². The topological polar surface area (TPSA) is 177 Å². The number of nitriles is 1. The molecule has 0 aliphatic rings. The van der Waals surface area contributed by atoms with E-state index < -0.39 is 30.1 Å². The molecule has 0 saturated carbocycles. The van der Waals surface area contributed by atoms with Crippen molar-refractivity contribution in [2.75, 3.05) is 13.1 Å². The summed E-state index contributed by atoms with van der Waals surface area (Å²) < 4.78 is 0. The van der Waals surface area contributed by atoms with Gasteiger partial charge in [0.25, 0.3) is 11.8 Å². The fraction of sp³-hybridized carbons (Fsp3) is 0.429. The molecule has 3 atom stereocenters. The molecule has 2 aromatic carbocycles. The third-order valence-corrected chi connectivity index (χ3v) is 6.07. The van der Waals surface area contributed by atoms with E-state index in [0.29, 0.717) is 18.7 Å². The van der Waals surface area contributed by atoms with Gasteiger partial charge in [-0.3, -0.25) is 14.4 Å². The second-order valence-corrected chi connectivity index (χ2v) is 9.16. The van der Waals surface area contributed by atoms with Gasteiger partial charge in [-0.2, -0.15) is 5.26 Å². The molecule has 0 fully saturated rings. The molecule has 204 valence electrons. The third kappa shape index (κ3) is 8.57. The number of aromatic hydroxyl groups is 1. The van der Waals surface area contributed by atoms with Crippen LogP contribution >= 0.6 is 0 Å². The number of rotatable bonds is 14. The van der Waals surface area contributed by atoms with E-state index in [1.54, 1.807) is 17.0 Å². The van der Waals surface area contributed by atoms with Crippen LogP contribution in [-0.2, 0) is 6.42 Å². The van der Waals surface area contributed by atoms with E-state index in [4.69, 9.17) is 11.0 Å². The fourth-order valence-electron chi connectivity index (χ4n) is 4.11. The number of benzene rings is 2. The molecule has 10 nitrogen and oxygen atoms in total. The molecule has 2 rings (SSSR count). The minimum absolute atomic E-state index is 0.000116. The molecule has 6 N–H and O–H groups in total. The molecule has 0 radical (unpaired) electrons. The number of hydrogen-bond acceptors (Lipinski definition) is 7. The van der Waals surface area contributed by atoms with Crippen molar-refractivity contribution < 1.29 is 29.7 Å². The average molecular weight is 525 g/mol. The van der Waals surface area contributed by atoms with E-state index in [0.717, 1.165) is 12.8 Å². The maximum atomic E-state index is 13.3. The van der Waals surface area contributed by atoms with Crippen molar-refractivity contribution in [2.45, 2.75) is 64.2 Å². The van der Waals surface area contributed by atoms with E-state index in [-0.39, 0.29) is 47.6 Å². The highest BCUT2D eigenvalue weighted by Gasteiger charge is 2.29. The first-order valence-electron chi connectivity index (χ1n) is 12.7. The molecule has 0 bridgehead atoms. The number of nitrogens with one attached hydrogen (secondary N) is 1. The molecule has 38 heavy (non-hydrogen) atoms. The Morgan fingerprint density at radius 2 is 1.58 bits per heavy atom. The first-order chi connectivity index (χ1) is 18.1. The van der Waals surface area contributed by atoms with Crippen LogP contribution in [0.2, 0.25) is 0 Å². The van der Waals surface area contributed by atoms with Crippen molar-refractivity contribution >= 4 is 17.7 Å². The van der Waals surface area contributed by atoms with Gasteiger partial charge >= 0.3 is 0 Å². The number of aliphatic hydroxyl groups is 2. The van der Waals surface area contributed by atoms with Gasteiger partial charge in [0.15, 0.2) is 0 Å². The molecule has 0 spiro atoms. The zero-order valence-electron chi connectivity index (χ0n) is 21.8. The SMILES string of the molecule is CCCN(CCC)C(=O)c1cc(C(N)=O)cc(C(=O)NC(Cc2ccc(O)cc2)C(O)C(O)CCC#N)c1. The lowest BCUT2D eigenvalue weighted by atomic mass is 9.95. The molecule has 0 aliphatic carbocycles. The number of aliphatic hydroxyl groups excluding tert-OH is 2. The Morgan fingerprint density at radius 3 is 2.13 bits per heavy atom. The van der Waals surface area contributed by atoms with Crippen LogP contribution < -0.4 is 11.1 Å². The van der Waals surface area contributed by atoms with Gasteiger partial charge in [-0.25, -0.2) is 0 Å². The molecule has 3 unspecified atom stereocenters. The van der Waals surface area contributed by atoms with Gasteiger partial charge < -0.3 is 31.3 Å². The summed E-state index contributed by atoms with van der Waals surface area (Å²) in [6, 6.07) is 11.1. The Hall–Kier alpha value is -3.94. The summed E-state index contributed by atoms with van der Waals surface area (Å²) in [4.78, 5) is 40.2. The van der Waals surface area contributed by atoms with E-state index >= 15 is 0 Å². The van der Waals surface area contributed by atoms with Crippen LogP contribution in [0, 0.1) is 11.3 Å². The lowest BCUT2D eigenvalue weighted by Gasteiger charge is -2.28. The van der Waals surface area contributed by atoms with Gasteiger partial charge in [-0.05, 0) is 61.6 Å². The molecule has 0 saturated heterocycles. The molecular formula is C28H36N4O6. The highest BCUT2D eigenvalue weighted by atomic mass is 16.3. The summed E-state index contributed by atoms with van der Waals surface area (Å²) in [6.45, 7) is 4.91. The number of nitrogens with zero attached hydrogens (tertiary/aromatic N) is 2. The standard InChI is InChI=1S/C28H36N4O6/c1-3-12-32(13-4-2)28(38)21-16-19(26(30)36)15-20(17-21)27(37)31-23(25(35)24(34)6-5-11-29)14-18-7-9-22(33)10-8-18/h7-10,15-17,23-25,33-35H,3-6,12-14H2,1-2H3,(H2,30,36)(H,31,37). The van der Waals surface area contributed by atoms with E-state index in [1.807, 2.05) is 19.9 Å². The van der Waals surface area contributed by atoms with Crippen molar-refractivity contribution in [2.24, 2.45) is 5.73 Å². The molecule has 0 aliphatic heterocycles. The molecule has 0 heterocycles. The molecule has 0 aromatic heterocycles. The average Bonchev–Trinajstić information content (AvgIpc) is 2.91. The molecule has 2 aromatic rings. The zero-order valence-corrected chi connectivity index (χ0v) is 21.8. The summed E-state index contributed by atoms with van der Waals surface area (Å²) in [5.41, 5.74) is 6.26. The smallest absolute Gasteiger partial charge is 0.253 e. The highest BCUT2D eigenvalue weighted by molar-refractivity contribution is 6.04. The maximum absolute atomic E-state index is 13.3. The van der Waals surface area contributed by atoms with Crippen molar-refractivity contribution in [1.29, 1.82) is 5.26 Å². The van der Waals surface area contributed by atoms with Gasteiger partial charge in [-0.15, -0.1) is 0 Å². The predicted octanol–water partition coefficient (Wildman–Crippen LogP) is 2.12. The number of carbonyl (C=O) groups excluding carboxylic acids is 3. The van der Waals surface area contributed by atoms with Gasteiger partial charge in [-0.1, -0.05) is 26.0 Å². The Bertz CT molecular complexity index is 1140. The largest absolute Gasteiger partial charge is 0.508 e. The van der Waals surface area contributed by atoms with Crippen LogP contribution in [0.1, 0.15) is 76.2 Å². The Kier molecular flexibility index (Phi) is 11.7. The highest BCUT2D eigenvalue weighted by Crippen LogP contribution is 2.18. The summed E-state index contributed by atoms with van der Waals surface area (Å²) in [5.74, 6) is -1.78. The van der Waals surface area contributed by atoms with Crippen molar-refractivity contribution in [3.05, 3.63) is 64.7 Å². The van der Waals surface area contributed by atoms with Gasteiger partial charge in [0.1, 0.15) is 11.9 Å². The number of nitrogens with two attached hydrogens (primary N) is 1. The number of hydrogen-bond donors (Lipinski definition) is 5. The molecular weight excluding hydrogens is 488 g/mol. The number of phenols is 1. The number of primary amides is 1. The van der Waals surface area contributed by atoms with Crippen LogP contribution in [0.4, 0.5) is 0 Å². The summed E-state index contributed by atoms with van der Waals surface area (Å²) in [5, 5.41) is 42.3. The van der Waals surface area contributed by atoms with E-state index in [2.05, 4.69) is 5.32 Å². The van der Waals surface area contributed by atoms with Crippen molar-refractivity contribution in [3.63, 3.8) is 0 Å². The van der Waals surface area contributed by atoms with Crippen molar-refractivity contribution in [1.82, 2.24) is 10.2 Å². The number of amides is 3. The number of carbonyl (C=O) groups is 3. The van der Waals surface area contributed by atoms with Gasteiger partial charge in [0.05, 0.1) is 18.2 Å². The minimum Gasteiger partial charge on any atom is -0.508 e. The predicted molar refractivity (Wildman–Crippen MR) is 141 cm³/mol. The third-order valence-electron chi connectivity index (χ3n) is 6.07. The van der Waals surface area contributed by atoms with Gasteiger partial charge in [0, 0.05) is 36.2 Å². The lowest BCUT2D eigenvalue weighted by molar-refractivity contribution is -0.00642. The summed E-state index contributed by atoms with van der Waals surface area (Å²) in [7, 11) is 0. The minimum atomic E-state index is -1.42. The van der Waals surface area contributed by atoms with Crippen LogP contribution in [0.15, 0.2) is 42.5 Å². The normalized spacial score (nSPS) is 13.1. The molecule has 10 heteroatoms. The number of phenolic OH excluding ortho intramolecular Hbond substituents is 1. The second kappa shape index (κ2) is 14.7. The van der Waals surface area contributed by atoms with Crippen LogP contribution in [0.5, 0.6) is 5.75 Å². The van der Waals surface area contributed by atoms with Crippen LogP contribution in [-0.4, -0.2) is 69.3 Å². The van der Waals surface area contributed by atoms with Crippen LogP contribution in [0.25, 0.3) is 0 Å².